The van der Waals surface area contributed by atoms with Crippen molar-refractivity contribution in [1.29, 1.82) is 0 Å². The Morgan fingerprint density at radius 1 is 1.11 bits per heavy atom. The first-order chi connectivity index (χ1) is 13.0. The standard InChI is InChI=1S/C20H15N3O3S/c1-12-5-4-7-14(9-12)23-16-8-3-2-6-13(16)10-17(23)18(24)22-20-21-15(11-27-20)19(25)26/h2-11H,1H3,(H,25,26)(H,21,22,24). The summed E-state index contributed by atoms with van der Waals surface area (Å²) in [5.74, 6) is -1.47. The van der Waals surface area contributed by atoms with E-state index in [2.05, 4.69) is 10.3 Å². The highest BCUT2D eigenvalue weighted by Crippen LogP contribution is 2.26. The molecule has 7 heteroatoms. The van der Waals surface area contributed by atoms with E-state index in [1.165, 1.54) is 5.38 Å². The molecule has 0 aliphatic carbocycles. The number of rotatable bonds is 4. The smallest absolute Gasteiger partial charge is 0.355 e. The highest BCUT2D eigenvalue weighted by molar-refractivity contribution is 7.14. The van der Waals surface area contributed by atoms with Crippen molar-refractivity contribution >= 4 is 39.2 Å². The van der Waals surface area contributed by atoms with Crippen molar-refractivity contribution in [2.45, 2.75) is 6.92 Å². The van der Waals surface area contributed by atoms with E-state index >= 15 is 0 Å². The molecule has 2 N–H and O–H groups in total. The zero-order chi connectivity index (χ0) is 19.0. The maximum Gasteiger partial charge on any atom is 0.355 e. The van der Waals surface area contributed by atoms with Crippen LogP contribution >= 0.6 is 11.3 Å². The van der Waals surface area contributed by atoms with E-state index in [1.54, 1.807) is 0 Å². The molecular formula is C20H15N3O3S. The first-order valence-electron chi connectivity index (χ1n) is 8.20. The van der Waals surface area contributed by atoms with Gasteiger partial charge < -0.3 is 9.67 Å². The van der Waals surface area contributed by atoms with Crippen molar-refractivity contribution in [1.82, 2.24) is 9.55 Å². The second kappa shape index (κ2) is 6.69. The van der Waals surface area contributed by atoms with Crippen molar-refractivity contribution in [3.05, 3.63) is 76.9 Å². The van der Waals surface area contributed by atoms with Crippen LogP contribution in [0.4, 0.5) is 5.13 Å². The number of hydrogen-bond donors (Lipinski definition) is 2. The van der Waals surface area contributed by atoms with Crippen LogP contribution in [0.3, 0.4) is 0 Å². The van der Waals surface area contributed by atoms with Crippen LogP contribution in [0.5, 0.6) is 0 Å². The van der Waals surface area contributed by atoms with E-state index in [-0.39, 0.29) is 16.7 Å². The Bertz CT molecular complexity index is 1180. The van der Waals surface area contributed by atoms with E-state index in [9.17, 15) is 9.59 Å². The van der Waals surface area contributed by atoms with Crippen LogP contribution in [-0.4, -0.2) is 26.5 Å². The average molecular weight is 377 g/mol. The quantitative estimate of drug-likeness (QED) is 0.554. The van der Waals surface area contributed by atoms with Gasteiger partial charge >= 0.3 is 5.97 Å². The summed E-state index contributed by atoms with van der Waals surface area (Å²) in [5.41, 5.74) is 3.25. The first kappa shape index (κ1) is 17.0. The lowest BCUT2D eigenvalue weighted by Crippen LogP contribution is -2.16. The lowest BCUT2D eigenvalue weighted by atomic mass is 10.2. The Morgan fingerprint density at radius 2 is 1.93 bits per heavy atom. The normalized spacial score (nSPS) is 10.9. The Hall–Kier alpha value is -3.45. The number of carbonyl (C=O) groups is 2. The number of nitrogens with one attached hydrogen (secondary N) is 1. The summed E-state index contributed by atoms with van der Waals surface area (Å²) in [6, 6.07) is 17.5. The number of aromatic carboxylic acids is 1. The number of fused-ring (bicyclic) bond motifs is 1. The number of thiazole rings is 1. The lowest BCUT2D eigenvalue weighted by Gasteiger charge is -2.11. The van der Waals surface area contributed by atoms with Gasteiger partial charge in [0.25, 0.3) is 5.91 Å². The third-order valence-corrected chi connectivity index (χ3v) is 4.90. The van der Waals surface area contributed by atoms with Gasteiger partial charge in [-0.25, -0.2) is 9.78 Å². The summed E-state index contributed by atoms with van der Waals surface area (Å²) in [6.07, 6.45) is 0. The molecule has 27 heavy (non-hydrogen) atoms. The second-order valence-electron chi connectivity index (χ2n) is 6.06. The van der Waals surface area contributed by atoms with E-state index in [1.807, 2.05) is 66.1 Å². The highest BCUT2D eigenvalue weighted by atomic mass is 32.1. The second-order valence-corrected chi connectivity index (χ2v) is 6.92. The predicted molar refractivity (Wildman–Crippen MR) is 105 cm³/mol. The largest absolute Gasteiger partial charge is 0.476 e. The van der Waals surface area contributed by atoms with Crippen LogP contribution in [0.15, 0.2) is 60.0 Å². The maximum atomic E-state index is 12.9. The topological polar surface area (TPSA) is 84.2 Å². The van der Waals surface area contributed by atoms with Crippen LogP contribution < -0.4 is 5.32 Å². The van der Waals surface area contributed by atoms with Crippen molar-refractivity contribution in [3.63, 3.8) is 0 Å². The SMILES string of the molecule is Cc1cccc(-n2c(C(=O)Nc3nc(C(=O)O)cs3)cc3ccccc32)c1. The number of para-hydroxylation sites is 1. The van der Waals surface area contributed by atoms with Crippen molar-refractivity contribution in [3.8, 4) is 5.69 Å². The fourth-order valence-corrected chi connectivity index (χ4v) is 3.64. The third-order valence-electron chi connectivity index (χ3n) is 4.15. The molecule has 0 aliphatic heterocycles. The molecule has 0 atom stereocenters. The van der Waals surface area contributed by atoms with Gasteiger partial charge in [0.05, 0.1) is 5.52 Å². The summed E-state index contributed by atoms with van der Waals surface area (Å²) in [4.78, 5) is 27.8. The number of carbonyl (C=O) groups excluding carboxylic acids is 1. The number of benzene rings is 2. The maximum absolute atomic E-state index is 12.9. The monoisotopic (exact) mass is 377 g/mol. The molecule has 1 amide bonds. The number of hydrogen-bond acceptors (Lipinski definition) is 4. The summed E-state index contributed by atoms with van der Waals surface area (Å²) < 4.78 is 1.89. The molecule has 0 radical (unpaired) electrons. The third kappa shape index (κ3) is 3.20. The fraction of sp³-hybridized carbons (Fsp3) is 0.0500. The van der Waals surface area contributed by atoms with E-state index in [4.69, 9.17) is 5.11 Å². The molecule has 0 bridgehead atoms. The van der Waals surface area contributed by atoms with Crippen LogP contribution in [0.2, 0.25) is 0 Å². The minimum Gasteiger partial charge on any atom is -0.476 e. The van der Waals surface area contributed by atoms with Crippen LogP contribution in [0.1, 0.15) is 26.5 Å². The molecule has 134 valence electrons. The summed E-state index contributed by atoms with van der Waals surface area (Å²) in [5, 5.41) is 14.3. The lowest BCUT2D eigenvalue weighted by molar-refractivity contribution is 0.0691. The van der Waals surface area contributed by atoms with Crippen molar-refractivity contribution in [2.24, 2.45) is 0 Å². The molecule has 0 unspecified atom stereocenters. The van der Waals surface area contributed by atoms with Crippen molar-refractivity contribution < 1.29 is 14.7 Å². The van der Waals surface area contributed by atoms with Gasteiger partial charge in [-0.05, 0) is 36.8 Å². The number of aryl methyl sites for hydroxylation is 1. The Balaban J connectivity index is 1.79. The van der Waals surface area contributed by atoms with E-state index in [0.717, 1.165) is 33.5 Å². The highest BCUT2D eigenvalue weighted by Gasteiger charge is 2.19. The molecule has 0 aliphatic rings. The number of nitrogens with zero attached hydrogens (tertiary/aromatic N) is 2. The Labute approximate surface area is 158 Å². The molecule has 4 aromatic rings. The average Bonchev–Trinajstić information content (AvgIpc) is 3.26. The molecule has 2 aromatic carbocycles. The van der Waals surface area contributed by atoms with Gasteiger partial charge in [-0.15, -0.1) is 11.3 Å². The van der Waals surface area contributed by atoms with Crippen LogP contribution in [0, 0.1) is 6.92 Å². The molecule has 2 aromatic heterocycles. The zero-order valence-corrected chi connectivity index (χ0v) is 15.2. The first-order valence-corrected chi connectivity index (χ1v) is 9.08. The summed E-state index contributed by atoms with van der Waals surface area (Å²) in [6.45, 7) is 2.00. The predicted octanol–water partition coefficient (Wildman–Crippen LogP) is 4.35. The molecule has 0 saturated heterocycles. The zero-order valence-electron chi connectivity index (χ0n) is 14.3. The molecule has 4 rings (SSSR count). The number of aromatic nitrogens is 2. The summed E-state index contributed by atoms with van der Waals surface area (Å²) >= 11 is 1.08. The molecule has 2 heterocycles. The van der Waals surface area contributed by atoms with Crippen LogP contribution in [-0.2, 0) is 0 Å². The van der Waals surface area contributed by atoms with Crippen LogP contribution in [0.25, 0.3) is 16.6 Å². The Kier molecular flexibility index (Phi) is 4.21. The Morgan fingerprint density at radius 3 is 2.67 bits per heavy atom. The number of carboxylic acid groups (broad SMARTS) is 1. The minimum absolute atomic E-state index is 0.0884. The fourth-order valence-electron chi connectivity index (χ4n) is 2.96. The van der Waals surface area contributed by atoms with E-state index in [0.29, 0.717) is 5.69 Å². The van der Waals surface area contributed by atoms with Crippen molar-refractivity contribution in [2.75, 3.05) is 5.32 Å². The molecule has 6 nitrogen and oxygen atoms in total. The van der Waals surface area contributed by atoms with Gasteiger partial charge in [0, 0.05) is 16.5 Å². The molecular weight excluding hydrogens is 362 g/mol. The van der Waals surface area contributed by atoms with Gasteiger partial charge in [-0.1, -0.05) is 30.3 Å². The molecule has 0 saturated carbocycles. The summed E-state index contributed by atoms with van der Waals surface area (Å²) in [7, 11) is 0. The molecule has 0 spiro atoms. The number of anilines is 1. The number of carboxylic acids is 1. The number of amides is 1. The van der Waals surface area contributed by atoms with Gasteiger partial charge in [-0.3, -0.25) is 10.1 Å². The minimum atomic E-state index is -1.12. The van der Waals surface area contributed by atoms with Gasteiger partial charge in [-0.2, -0.15) is 0 Å². The van der Waals surface area contributed by atoms with Gasteiger partial charge in [0.1, 0.15) is 5.69 Å². The van der Waals surface area contributed by atoms with Gasteiger partial charge in [0.2, 0.25) is 0 Å². The molecule has 0 fully saturated rings. The van der Waals surface area contributed by atoms with Gasteiger partial charge in [0.15, 0.2) is 10.8 Å². The van der Waals surface area contributed by atoms with E-state index < -0.39 is 5.97 Å².